The van der Waals surface area contributed by atoms with Crippen LogP contribution in [-0.4, -0.2) is 24.9 Å². The van der Waals surface area contributed by atoms with Crippen molar-refractivity contribution >= 4 is 8.24 Å². The van der Waals surface area contributed by atoms with Gasteiger partial charge in [0, 0.05) is 5.54 Å². The van der Waals surface area contributed by atoms with Crippen molar-refractivity contribution in [2.24, 2.45) is 23.7 Å². The van der Waals surface area contributed by atoms with Crippen molar-refractivity contribution in [1.82, 2.24) is 4.57 Å². The van der Waals surface area contributed by atoms with Crippen LogP contribution in [0.1, 0.15) is 55.4 Å². The van der Waals surface area contributed by atoms with Gasteiger partial charge in [0.15, 0.2) is 0 Å². The molecule has 2 heteroatoms. The molecule has 1 rings (SSSR count). The molecule has 0 aliphatic heterocycles. The second-order valence-electron chi connectivity index (χ2n) is 8.53. The van der Waals surface area contributed by atoms with Crippen molar-refractivity contribution in [3.8, 4) is 0 Å². The first-order valence-electron chi connectivity index (χ1n) is 8.24. The van der Waals surface area contributed by atoms with E-state index in [2.05, 4.69) is 73.0 Å². The van der Waals surface area contributed by atoms with E-state index in [1.165, 1.54) is 6.54 Å². The van der Waals surface area contributed by atoms with E-state index in [-0.39, 0.29) is 0 Å². The van der Waals surface area contributed by atoms with E-state index in [0.29, 0.717) is 5.54 Å². The number of hydrogen-bond donors (Lipinski definition) is 0. The third-order valence-corrected chi connectivity index (χ3v) is 11.3. The quantitative estimate of drug-likeness (QED) is 0.640. The lowest BCUT2D eigenvalue weighted by atomic mass is 9.92. The van der Waals surface area contributed by atoms with Crippen molar-refractivity contribution in [3.63, 3.8) is 0 Å². The highest BCUT2D eigenvalue weighted by Crippen LogP contribution is 2.54. The maximum absolute atomic E-state index is 2.85. The molecule has 0 spiro atoms. The summed E-state index contributed by atoms with van der Waals surface area (Å²) in [6.07, 6.45) is 0. The second-order valence-corrected chi connectivity index (χ2v) is 13.0. The van der Waals surface area contributed by atoms with Gasteiger partial charge in [0.2, 0.25) is 0 Å². The van der Waals surface area contributed by atoms with Gasteiger partial charge in [0.25, 0.3) is 0 Å². The molecule has 4 unspecified atom stereocenters. The van der Waals surface area contributed by atoms with Crippen LogP contribution >= 0.6 is 0 Å². The monoisotopic (exact) mass is 283 g/mol. The molecule has 19 heavy (non-hydrogen) atoms. The summed E-state index contributed by atoms with van der Waals surface area (Å²) in [7, 11) is -1.41. The van der Waals surface area contributed by atoms with Gasteiger partial charge in [-0.1, -0.05) is 47.7 Å². The molecule has 0 radical (unpaired) electrons. The van der Waals surface area contributed by atoms with Gasteiger partial charge in [0.05, 0.1) is 0 Å². The third kappa shape index (κ3) is 2.95. The standard InChI is InChI=1S/C17H37NSi/c1-11-18(17(6,7)8)19(9,10)16-14(4)12(2)13(3)15(16)5/h12-16H,11H2,1-10H3. The second kappa shape index (κ2) is 5.52. The Kier molecular flexibility index (Phi) is 5.00. The zero-order valence-corrected chi connectivity index (χ0v) is 16.0. The van der Waals surface area contributed by atoms with Gasteiger partial charge in [0.1, 0.15) is 8.24 Å². The Morgan fingerprint density at radius 2 is 1.21 bits per heavy atom. The summed E-state index contributed by atoms with van der Waals surface area (Å²) in [4.78, 5) is 0. The summed E-state index contributed by atoms with van der Waals surface area (Å²) >= 11 is 0. The van der Waals surface area contributed by atoms with Crippen molar-refractivity contribution in [2.45, 2.75) is 79.6 Å². The van der Waals surface area contributed by atoms with Crippen LogP contribution in [0, 0.1) is 23.7 Å². The zero-order chi connectivity index (χ0) is 15.2. The number of rotatable bonds is 3. The summed E-state index contributed by atoms with van der Waals surface area (Å²) in [6.45, 7) is 25.9. The van der Waals surface area contributed by atoms with E-state index in [4.69, 9.17) is 0 Å². The molecule has 1 aliphatic rings. The van der Waals surface area contributed by atoms with E-state index >= 15 is 0 Å². The van der Waals surface area contributed by atoms with E-state index in [1.54, 1.807) is 0 Å². The highest BCUT2D eigenvalue weighted by Gasteiger charge is 2.52. The largest absolute Gasteiger partial charge is 0.319 e. The zero-order valence-electron chi connectivity index (χ0n) is 15.0. The summed E-state index contributed by atoms with van der Waals surface area (Å²) in [5.41, 5.74) is 1.23. The van der Waals surface area contributed by atoms with Crippen molar-refractivity contribution in [2.75, 3.05) is 6.54 Å². The predicted molar refractivity (Wildman–Crippen MR) is 90.0 cm³/mol. The van der Waals surface area contributed by atoms with Crippen LogP contribution in [0.5, 0.6) is 0 Å². The molecule has 1 fully saturated rings. The highest BCUT2D eigenvalue weighted by atomic mass is 28.3. The van der Waals surface area contributed by atoms with Crippen LogP contribution in [0.4, 0.5) is 0 Å². The molecule has 1 saturated carbocycles. The maximum atomic E-state index is 2.85. The highest BCUT2D eigenvalue weighted by molar-refractivity contribution is 6.76. The summed E-state index contributed by atoms with van der Waals surface area (Å²) < 4.78 is 2.85. The van der Waals surface area contributed by atoms with E-state index < -0.39 is 8.24 Å². The number of hydrogen-bond acceptors (Lipinski definition) is 1. The van der Waals surface area contributed by atoms with Crippen molar-refractivity contribution in [1.29, 1.82) is 0 Å². The molecule has 1 nitrogen and oxygen atoms in total. The van der Waals surface area contributed by atoms with Gasteiger partial charge >= 0.3 is 0 Å². The Bertz CT molecular complexity index is 291. The van der Waals surface area contributed by atoms with E-state index in [9.17, 15) is 0 Å². The summed E-state index contributed by atoms with van der Waals surface area (Å²) in [5.74, 6) is 3.52. The molecule has 0 aromatic heterocycles. The van der Waals surface area contributed by atoms with Gasteiger partial charge in [-0.3, -0.25) is 0 Å². The molecule has 4 atom stereocenters. The van der Waals surface area contributed by atoms with Gasteiger partial charge in [-0.2, -0.15) is 0 Å². The van der Waals surface area contributed by atoms with Crippen LogP contribution in [-0.2, 0) is 0 Å². The first kappa shape index (κ1) is 17.2. The topological polar surface area (TPSA) is 3.24 Å². The average molecular weight is 284 g/mol. The molecular weight excluding hydrogens is 246 g/mol. The fourth-order valence-electron chi connectivity index (χ4n) is 5.30. The molecule has 0 bridgehead atoms. The lowest BCUT2D eigenvalue weighted by Gasteiger charge is -2.51. The van der Waals surface area contributed by atoms with Gasteiger partial charge in [-0.15, -0.1) is 0 Å². The van der Waals surface area contributed by atoms with Crippen LogP contribution in [0.15, 0.2) is 0 Å². The molecule has 0 aromatic carbocycles. The Balaban J connectivity index is 3.12. The average Bonchev–Trinajstić information content (AvgIpc) is 2.41. The minimum absolute atomic E-state index is 0.305. The smallest absolute Gasteiger partial charge is 0.126 e. The Morgan fingerprint density at radius 1 is 0.842 bits per heavy atom. The van der Waals surface area contributed by atoms with Crippen LogP contribution in [0.25, 0.3) is 0 Å². The van der Waals surface area contributed by atoms with E-state index in [1.807, 2.05) is 0 Å². The molecule has 0 N–H and O–H groups in total. The summed E-state index contributed by atoms with van der Waals surface area (Å²) in [5, 5.41) is 0. The van der Waals surface area contributed by atoms with Crippen LogP contribution < -0.4 is 0 Å². The summed E-state index contributed by atoms with van der Waals surface area (Å²) in [6, 6.07) is 0. The Labute approximate surface area is 123 Å². The molecular formula is C17H37NSi. The lowest BCUT2D eigenvalue weighted by Crippen LogP contribution is -2.61. The fraction of sp³-hybridized carbons (Fsp3) is 1.00. The molecule has 0 heterocycles. The first-order chi connectivity index (χ1) is 8.46. The molecule has 0 aromatic rings. The van der Waals surface area contributed by atoms with Gasteiger partial charge < -0.3 is 4.57 Å². The molecule has 114 valence electrons. The molecule has 0 amide bonds. The lowest BCUT2D eigenvalue weighted by molar-refractivity contribution is 0.237. The number of nitrogens with zero attached hydrogens (tertiary/aromatic N) is 1. The van der Waals surface area contributed by atoms with Gasteiger partial charge in [-0.25, -0.2) is 0 Å². The van der Waals surface area contributed by atoms with Crippen LogP contribution in [0.3, 0.4) is 0 Å². The molecule has 1 aliphatic carbocycles. The first-order valence-corrected chi connectivity index (χ1v) is 11.3. The SMILES string of the molecule is CCN(C(C)(C)C)[Si](C)(C)C1C(C)C(C)C(C)C1C. The third-order valence-electron chi connectivity index (χ3n) is 6.26. The van der Waals surface area contributed by atoms with Crippen molar-refractivity contribution < 1.29 is 0 Å². The van der Waals surface area contributed by atoms with E-state index in [0.717, 1.165) is 29.2 Å². The minimum Gasteiger partial charge on any atom is -0.319 e. The minimum atomic E-state index is -1.41. The van der Waals surface area contributed by atoms with Crippen LogP contribution in [0.2, 0.25) is 18.6 Å². The maximum Gasteiger partial charge on any atom is 0.126 e. The Morgan fingerprint density at radius 3 is 1.47 bits per heavy atom. The molecule has 0 saturated heterocycles. The fourth-order valence-corrected chi connectivity index (χ4v) is 11.4. The van der Waals surface area contributed by atoms with Gasteiger partial charge in [-0.05, 0) is 56.5 Å². The normalized spacial score (nSPS) is 37.1. The Hall–Kier alpha value is 0.177. The van der Waals surface area contributed by atoms with Crippen molar-refractivity contribution in [3.05, 3.63) is 0 Å². The predicted octanol–water partition coefficient (Wildman–Crippen LogP) is 5.24.